The molecule has 1 atom stereocenters. The predicted octanol–water partition coefficient (Wildman–Crippen LogP) is 0.836. The molecule has 0 aromatic carbocycles. The first kappa shape index (κ1) is 9.29. The number of nitrogens with zero attached hydrogens (tertiary/aromatic N) is 4. The first-order valence-corrected chi connectivity index (χ1v) is 5.05. The second-order valence-electron chi connectivity index (χ2n) is 2.98. The minimum Gasteiger partial charge on any atom is -0.390 e. The van der Waals surface area contributed by atoms with Crippen LogP contribution in [0, 0.1) is 0 Å². The van der Waals surface area contributed by atoms with Crippen molar-refractivity contribution in [3.63, 3.8) is 0 Å². The monoisotopic (exact) mass is 210 g/mol. The lowest BCUT2D eigenvalue weighted by molar-refractivity contribution is 0.277. The van der Waals surface area contributed by atoms with Crippen LogP contribution in [0.25, 0.3) is 0 Å². The van der Waals surface area contributed by atoms with Crippen LogP contribution >= 0.6 is 11.5 Å². The van der Waals surface area contributed by atoms with Crippen LogP contribution in [-0.2, 0) is 6.61 Å². The largest absolute Gasteiger partial charge is 0.390 e. The van der Waals surface area contributed by atoms with Crippen molar-refractivity contribution in [3.05, 3.63) is 29.3 Å². The highest BCUT2D eigenvalue weighted by molar-refractivity contribution is 7.03. The number of aliphatic hydroxyl groups is 1. The van der Waals surface area contributed by atoms with Gasteiger partial charge in [0.1, 0.15) is 0 Å². The normalized spacial score (nSPS) is 13.0. The Hall–Kier alpha value is -1.27. The second-order valence-corrected chi connectivity index (χ2v) is 3.59. The summed E-state index contributed by atoms with van der Waals surface area (Å²) in [6.07, 6.45) is 3.50. The average Bonchev–Trinajstić information content (AvgIpc) is 2.88. The first-order valence-electron chi connectivity index (χ1n) is 4.21. The topological polar surface area (TPSA) is 63.8 Å². The molecule has 2 heterocycles. The zero-order valence-corrected chi connectivity index (χ0v) is 8.48. The van der Waals surface area contributed by atoms with Gasteiger partial charge in [0.2, 0.25) is 0 Å². The highest BCUT2D eigenvalue weighted by Gasteiger charge is 2.10. The van der Waals surface area contributed by atoms with Gasteiger partial charge < -0.3 is 9.67 Å². The van der Waals surface area contributed by atoms with E-state index in [0.717, 1.165) is 5.69 Å². The molecule has 5 nitrogen and oxygen atoms in total. The lowest BCUT2D eigenvalue weighted by atomic mass is 10.2. The van der Waals surface area contributed by atoms with Crippen LogP contribution in [-0.4, -0.2) is 24.2 Å². The summed E-state index contributed by atoms with van der Waals surface area (Å²) in [7, 11) is 0. The van der Waals surface area contributed by atoms with Crippen LogP contribution in [0.4, 0.5) is 0 Å². The number of aliphatic hydroxyl groups excluding tert-OH is 1. The molecular weight excluding hydrogens is 200 g/mol. The van der Waals surface area contributed by atoms with E-state index in [0.29, 0.717) is 5.69 Å². The maximum atomic E-state index is 8.86. The summed E-state index contributed by atoms with van der Waals surface area (Å²) < 4.78 is 5.71. The fourth-order valence-corrected chi connectivity index (χ4v) is 1.72. The van der Waals surface area contributed by atoms with E-state index in [1.165, 1.54) is 11.5 Å². The zero-order valence-electron chi connectivity index (χ0n) is 7.66. The molecular formula is C8H10N4OS. The molecule has 0 bridgehead atoms. The van der Waals surface area contributed by atoms with Crippen molar-refractivity contribution in [2.45, 2.75) is 19.6 Å². The Morgan fingerprint density at radius 2 is 2.50 bits per heavy atom. The summed E-state index contributed by atoms with van der Waals surface area (Å²) in [5, 5.41) is 14.8. The Kier molecular flexibility index (Phi) is 2.55. The molecule has 0 aliphatic heterocycles. The zero-order chi connectivity index (χ0) is 9.97. The molecule has 0 spiro atoms. The van der Waals surface area contributed by atoms with Gasteiger partial charge in [-0.2, -0.15) is 0 Å². The van der Waals surface area contributed by atoms with Crippen LogP contribution in [0.3, 0.4) is 0 Å². The van der Waals surface area contributed by atoms with Gasteiger partial charge in [0.05, 0.1) is 30.4 Å². The molecule has 0 amide bonds. The van der Waals surface area contributed by atoms with E-state index in [9.17, 15) is 0 Å². The molecule has 0 aliphatic carbocycles. The van der Waals surface area contributed by atoms with Gasteiger partial charge >= 0.3 is 0 Å². The Morgan fingerprint density at radius 3 is 3.07 bits per heavy atom. The maximum absolute atomic E-state index is 8.86. The maximum Gasteiger partial charge on any atom is 0.0981 e. The molecule has 6 heteroatoms. The Labute approximate surface area is 85.2 Å². The molecule has 1 unspecified atom stereocenters. The summed E-state index contributed by atoms with van der Waals surface area (Å²) in [5.74, 6) is 0. The molecule has 0 saturated heterocycles. The molecule has 1 N–H and O–H groups in total. The van der Waals surface area contributed by atoms with Gasteiger partial charge in [0, 0.05) is 11.6 Å². The molecule has 74 valence electrons. The third-order valence-electron chi connectivity index (χ3n) is 2.07. The lowest BCUT2D eigenvalue weighted by Gasteiger charge is -2.08. The molecule has 14 heavy (non-hydrogen) atoms. The summed E-state index contributed by atoms with van der Waals surface area (Å²) in [4.78, 5) is 4.03. The van der Waals surface area contributed by atoms with E-state index in [1.54, 1.807) is 6.33 Å². The third kappa shape index (κ3) is 1.66. The van der Waals surface area contributed by atoms with Crippen LogP contribution in [0.15, 0.2) is 17.9 Å². The van der Waals surface area contributed by atoms with Gasteiger partial charge in [-0.3, -0.25) is 0 Å². The highest BCUT2D eigenvalue weighted by Crippen LogP contribution is 2.16. The predicted molar refractivity (Wildman–Crippen MR) is 51.9 cm³/mol. The fourth-order valence-electron chi connectivity index (χ4n) is 1.18. The number of aromatic nitrogens is 4. The van der Waals surface area contributed by atoms with Crippen molar-refractivity contribution in [3.8, 4) is 0 Å². The number of rotatable bonds is 3. The number of imidazole rings is 1. The molecule has 0 fully saturated rings. The van der Waals surface area contributed by atoms with Crippen molar-refractivity contribution in [2.75, 3.05) is 0 Å². The van der Waals surface area contributed by atoms with Crippen molar-refractivity contribution in [1.82, 2.24) is 19.1 Å². The van der Waals surface area contributed by atoms with Gasteiger partial charge in [-0.1, -0.05) is 4.49 Å². The molecule has 0 saturated carbocycles. The van der Waals surface area contributed by atoms with E-state index in [1.807, 2.05) is 23.1 Å². The number of hydrogen-bond donors (Lipinski definition) is 1. The van der Waals surface area contributed by atoms with Gasteiger partial charge in [-0.25, -0.2) is 4.98 Å². The van der Waals surface area contributed by atoms with Gasteiger partial charge in [0.25, 0.3) is 0 Å². The summed E-state index contributed by atoms with van der Waals surface area (Å²) in [6, 6.07) is 0.113. The molecule has 0 radical (unpaired) electrons. The summed E-state index contributed by atoms with van der Waals surface area (Å²) in [6.45, 7) is 1.98. The summed E-state index contributed by atoms with van der Waals surface area (Å²) >= 11 is 1.33. The van der Waals surface area contributed by atoms with E-state index < -0.39 is 0 Å². The van der Waals surface area contributed by atoms with Crippen molar-refractivity contribution >= 4 is 11.5 Å². The lowest BCUT2D eigenvalue weighted by Crippen LogP contribution is -2.04. The van der Waals surface area contributed by atoms with Crippen molar-refractivity contribution in [1.29, 1.82) is 0 Å². The minimum atomic E-state index is -0.0327. The van der Waals surface area contributed by atoms with Crippen molar-refractivity contribution in [2.24, 2.45) is 0 Å². The molecule has 0 aliphatic rings. The van der Waals surface area contributed by atoms with Crippen LogP contribution < -0.4 is 0 Å². The quantitative estimate of drug-likeness (QED) is 0.815. The summed E-state index contributed by atoms with van der Waals surface area (Å²) in [5.41, 5.74) is 1.58. The second kappa shape index (κ2) is 3.85. The van der Waals surface area contributed by atoms with Gasteiger partial charge in [-0.05, 0) is 18.5 Å². The minimum absolute atomic E-state index is 0.0327. The van der Waals surface area contributed by atoms with Gasteiger partial charge in [-0.15, -0.1) is 5.10 Å². The first-order chi connectivity index (χ1) is 6.81. The molecule has 2 aromatic heterocycles. The van der Waals surface area contributed by atoms with E-state index in [4.69, 9.17) is 5.11 Å². The molecule has 2 aromatic rings. The Morgan fingerprint density at radius 1 is 1.64 bits per heavy atom. The third-order valence-corrected chi connectivity index (χ3v) is 2.59. The van der Waals surface area contributed by atoms with Gasteiger partial charge in [0.15, 0.2) is 0 Å². The van der Waals surface area contributed by atoms with Crippen molar-refractivity contribution < 1.29 is 5.11 Å². The SMILES string of the molecule is CC(c1csnn1)n1cnc(CO)c1. The van der Waals surface area contributed by atoms with E-state index >= 15 is 0 Å². The average molecular weight is 210 g/mol. The smallest absolute Gasteiger partial charge is 0.0981 e. The standard InChI is InChI=1S/C8H10N4OS/c1-6(8-4-14-11-10-8)12-2-7(3-13)9-5-12/h2,4-6,13H,3H2,1H3. The van der Waals surface area contributed by atoms with Crippen LogP contribution in [0.1, 0.15) is 24.4 Å². The highest BCUT2D eigenvalue weighted by atomic mass is 32.1. The van der Waals surface area contributed by atoms with E-state index in [-0.39, 0.29) is 12.6 Å². The molecule has 2 rings (SSSR count). The van der Waals surface area contributed by atoms with Crippen LogP contribution in [0.2, 0.25) is 0 Å². The Balaban J connectivity index is 2.23. The van der Waals surface area contributed by atoms with E-state index in [2.05, 4.69) is 14.6 Å². The van der Waals surface area contributed by atoms with Crippen LogP contribution in [0.5, 0.6) is 0 Å². The fraction of sp³-hybridized carbons (Fsp3) is 0.375. The number of hydrogen-bond acceptors (Lipinski definition) is 5. The Bertz CT molecular complexity index is 397.